The topological polar surface area (TPSA) is 76.4 Å². The van der Waals surface area contributed by atoms with Crippen molar-refractivity contribution in [3.63, 3.8) is 0 Å². The number of carbonyl (C=O) groups excluding carboxylic acids is 1. The smallest absolute Gasteiger partial charge is 0.255 e. The Morgan fingerprint density at radius 1 is 1.44 bits per heavy atom. The van der Waals surface area contributed by atoms with E-state index in [1.54, 1.807) is 6.20 Å². The first kappa shape index (κ1) is 17.4. The number of aliphatic hydroxyl groups is 1. The number of hydrogen-bond donors (Lipinski definition) is 2. The molecule has 0 radical (unpaired) electrons. The van der Waals surface area contributed by atoms with Gasteiger partial charge in [-0.05, 0) is 44.4 Å². The van der Waals surface area contributed by atoms with Gasteiger partial charge in [0, 0.05) is 12.4 Å². The van der Waals surface area contributed by atoms with Gasteiger partial charge >= 0.3 is 0 Å². The van der Waals surface area contributed by atoms with Crippen LogP contribution in [0.2, 0.25) is 0 Å². The van der Waals surface area contributed by atoms with E-state index in [4.69, 9.17) is 4.74 Å². The minimum Gasteiger partial charge on any atom is -0.496 e. The molecule has 7 heteroatoms. The fourth-order valence-corrected chi connectivity index (χ4v) is 3.46. The fourth-order valence-electron chi connectivity index (χ4n) is 3.46. The molecule has 1 aromatic carbocycles. The Morgan fingerprint density at radius 2 is 2.24 bits per heavy atom. The van der Waals surface area contributed by atoms with Gasteiger partial charge in [0.05, 0.1) is 30.9 Å². The minimum atomic E-state index is -0.745. The number of carbonyl (C=O) groups is 1. The zero-order valence-corrected chi connectivity index (χ0v) is 14.3. The Labute approximate surface area is 145 Å². The number of ether oxygens (including phenoxy) is 1. The minimum absolute atomic E-state index is 0.121. The van der Waals surface area contributed by atoms with Gasteiger partial charge in [-0.15, -0.1) is 0 Å². The molecular formula is C18H22FN3O3. The zero-order chi connectivity index (χ0) is 18.0. The maximum absolute atomic E-state index is 13.5. The molecule has 1 amide bonds. The van der Waals surface area contributed by atoms with Crippen LogP contribution in [-0.2, 0) is 0 Å². The van der Waals surface area contributed by atoms with Crippen molar-refractivity contribution in [2.45, 2.75) is 44.4 Å². The number of methoxy groups -OCH3 is 1. The number of nitrogens with one attached hydrogen (secondary N) is 1. The normalized spacial score (nSPS) is 23.3. The monoisotopic (exact) mass is 347 g/mol. The Kier molecular flexibility index (Phi) is 5.03. The largest absolute Gasteiger partial charge is 0.496 e. The van der Waals surface area contributed by atoms with E-state index in [-0.39, 0.29) is 11.6 Å². The van der Waals surface area contributed by atoms with Crippen LogP contribution < -0.4 is 10.1 Å². The molecule has 0 aliphatic heterocycles. The van der Waals surface area contributed by atoms with E-state index in [0.29, 0.717) is 12.2 Å². The van der Waals surface area contributed by atoms with Gasteiger partial charge in [-0.2, -0.15) is 0 Å². The Hall–Kier alpha value is -2.41. The molecule has 3 rings (SSSR count). The summed E-state index contributed by atoms with van der Waals surface area (Å²) in [6, 6.07) is 3.24. The standard InChI is InChI=1S/C18H22FN3O3/c1-11-20-8-9-22(11)15-5-3-4-14(17(15)23)21-18(24)13-10-12(19)6-7-16(13)25-2/h6-10,14-15,17,23H,3-5H2,1-2H3,(H,21,24)/t14-,15-,17-/m1/s1. The third kappa shape index (κ3) is 3.51. The Balaban J connectivity index is 1.77. The highest BCUT2D eigenvalue weighted by molar-refractivity contribution is 5.97. The van der Waals surface area contributed by atoms with Crippen molar-refractivity contribution in [1.82, 2.24) is 14.9 Å². The second-order valence-corrected chi connectivity index (χ2v) is 6.30. The van der Waals surface area contributed by atoms with Gasteiger partial charge in [0.25, 0.3) is 5.91 Å². The molecule has 1 fully saturated rings. The molecule has 134 valence electrons. The maximum atomic E-state index is 13.5. The van der Waals surface area contributed by atoms with Crippen molar-refractivity contribution < 1.29 is 19.0 Å². The first-order valence-corrected chi connectivity index (χ1v) is 8.33. The van der Waals surface area contributed by atoms with Crippen molar-refractivity contribution in [1.29, 1.82) is 0 Å². The van der Waals surface area contributed by atoms with Crippen LogP contribution in [0, 0.1) is 12.7 Å². The summed E-state index contributed by atoms with van der Waals surface area (Å²) >= 11 is 0. The fraction of sp³-hybridized carbons (Fsp3) is 0.444. The number of aryl methyl sites for hydroxylation is 1. The number of amides is 1. The average molecular weight is 347 g/mol. The van der Waals surface area contributed by atoms with Crippen LogP contribution in [0.3, 0.4) is 0 Å². The molecule has 6 nitrogen and oxygen atoms in total. The quantitative estimate of drug-likeness (QED) is 0.889. The molecule has 1 saturated carbocycles. The van der Waals surface area contributed by atoms with Crippen LogP contribution in [0.1, 0.15) is 41.5 Å². The zero-order valence-electron chi connectivity index (χ0n) is 14.3. The van der Waals surface area contributed by atoms with E-state index >= 15 is 0 Å². The summed E-state index contributed by atoms with van der Waals surface area (Å²) in [6.45, 7) is 1.88. The molecule has 2 aromatic rings. The van der Waals surface area contributed by atoms with Gasteiger partial charge in [-0.25, -0.2) is 9.37 Å². The number of halogens is 1. The molecule has 1 aliphatic carbocycles. The number of nitrogens with zero attached hydrogens (tertiary/aromatic N) is 2. The molecule has 2 N–H and O–H groups in total. The summed E-state index contributed by atoms with van der Waals surface area (Å²) < 4.78 is 20.6. The third-order valence-electron chi connectivity index (χ3n) is 4.76. The predicted octanol–water partition coefficient (Wildman–Crippen LogP) is 2.22. The number of benzene rings is 1. The van der Waals surface area contributed by atoms with Gasteiger partial charge in [-0.3, -0.25) is 4.79 Å². The maximum Gasteiger partial charge on any atom is 0.255 e. The van der Waals surface area contributed by atoms with Crippen LogP contribution >= 0.6 is 0 Å². The van der Waals surface area contributed by atoms with Gasteiger partial charge in [0.2, 0.25) is 0 Å². The van der Waals surface area contributed by atoms with E-state index in [0.717, 1.165) is 24.7 Å². The van der Waals surface area contributed by atoms with Crippen LogP contribution in [0.5, 0.6) is 5.75 Å². The van der Waals surface area contributed by atoms with Crippen LogP contribution in [0.4, 0.5) is 4.39 Å². The summed E-state index contributed by atoms with van der Waals surface area (Å²) in [5.74, 6) is 0.152. The second-order valence-electron chi connectivity index (χ2n) is 6.30. The number of hydrogen-bond acceptors (Lipinski definition) is 4. The highest BCUT2D eigenvalue weighted by Crippen LogP contribution is 2.30. The summed E-state index contributed by atoms with van der Waals surface area (Å²) in [5, 5.41) is 13.6. The average Bonchev–Trinajstić information content (AvgIpc) is 3.02. The molecule has 1 aromatic heterocycles. The summed E-state index contributed by atoms with van der Waals surface area (Å²) in [5.41, 5.74) is 0.121. The predicted molar refractivity (Wildman–Crippen MR) is 90.1 cm³/mol. The van der Waals surface area contributed by atoms with E-state index in [1.165, 1.54) is 19.2 Å². The van der Waals surface area contributed by atoms with E-state index in [9.17, 15) is 14.3 Å². The van der Waals surface area contributed by atoms with Crippen molar-refractivity contribution in [3.05, 3.63) is 47.8 Å². The molecule has 0 saturated heterocycles. The molecule has 25 heavy (non-hydrogen) atoms. The lowest BCUT2D eigenvalue weighted by atomic mass is 9.87. The lowest BCUT2D eigenvalue weighted by Crippen LogP contribution is -2.49. The SMILES string of the molecule is COc1ccc(F)cc1C(=O)N[C@@H]1CCC[C@@H](n2ccnc2C)[C@@H]1O. The molecule has 1 heterocycles. The lowest BCUT2D eigenvalue weighted by Gasteiger charge is -2.36. The van der Waals surface area contributed by atoms with Gasteiger partial charge in [0.1, 0.15) is 17.4 Å². The second kappa shape index (κ2) is 7.23. The first-order valence-electron chi connectivity index (χ1n) is 8.33. The number of aliphatic hydroxyl groups excluding tert-OH is 1. The Bertz CT molecular complexity index is 762. The summed E-state index contributed by atoms with van der Waals surface area (Å²) in [7, 11) is 1.43. The Morgan fingerprint density at radius 3 is 2.92 bits per heavy atom. The first-order chi connectivity index (χ1) is 12.0. The van der Waals surface area contributed by atoms with Gasteiger partial charge < -0.3 is 19.7 Å². The molecule has 0 spiro atoms. The highest BCUT2D eigenvalue weighted by atomic mass is 19.1. The number of rotatable bonds is 4. The van der Waals surface area contributed by atoms with Gasteiger partial charge in [-0.1, -0.05) is 0 Å². The van der Waals surface area contributed by atoms with Crippen molar-refractivity contribution >= 4 is 5.91 Å². The van der Waals surface area contributed by atoms with E-state index < -0.39 is 23.9 Å². The summed E-state index contributed by atoms with van der Waals surface area (Å²) in [4.78, 5) is 16.8. The van der Waals surface area contributed by atoms with Crippen LogP contribution in [-0.4, -0.2) is 39.8 Å². The van der Waals surface area contributed by atoms with E-state index in [1.807, 2.05) is 17.7 Å². The molecule has 3 atom stereocenters. The van der Waals surface area contributed by atoms with Crippen molar-refractivity contribution in [2.24, 2.45) is 0 Å². The molecular weight excluding hydrogens is 325 g/mol. The van der Waals surface area contributed by atoms with Crippen molar-refractivity contribution in [2.75, 3.05) is 7.11 Å². The van der Waals surface area contributed by atoms with Crippen molar-refractivity contribution in [3.8, 4) is 5.75 Å². The molecule has 0 bridgehead atoms. The highest BCUT2D eigenvalue weighted by Gasteiger charge is 2.34. The van der Waals surface area contributed by atoms with E-state index in [2.05, 4.69) is 10.3 Å². The summed E-state index contributed by atoms with van der Waals surface area (Å²) in [6.07, 6.45) is 5.13. The van der Waals surface area contributed by atoms with Gasteiger partial charge in [0.15, 0.2) is 0 Å². The third-order valence-corrected chi connectivity index (χ3v) is 4.76. The number of aromatic nitrogens is 2. The molecule has 0 unspecified atom stereocenters. The lowest BCUT2D eigenvalue weighted by molar-refractivity contribution is 0.0391. The number of imidazole rings is 1. The molecule has 1 aliphatic rings. The van der Waals surface area contributed by atoms with Crippen LogP contribution in [0.25, 0.3) is 0 Å². The van der Waals surface area contributed by atoms with Crippen LogP contribution in [0.15, 0.2) is 30.6 Å².